The topological polar surface area (TPSA) is 49.4 Å². The number of alkyl halides is 9. The first kappa shape index (κ1) is 26.0. The van der Waals surface area contributed by atoms with Gasteiger partial charge in [0, 0.05) is 12.1 Å². The zero-order chi connectivity index (χ0) is 25.2. The molecule has 2 amide bonds. The van der Waals surface area contributed by atoms with E-state index in [2.05, 4.69) is 0 Å². The molecule has 0 bridgehead atoms. The number of halogens is 9. The number of likely N-dealkylation sites (N-methyl/N-ethyl adjacent to an activating group) is 1. The molecule has 4 nitrogen and oxygen atoms in total. The van der Waals surface area contributed by atoms with E-state index in [1.165, 1.54) is 13.0 Å². The lowest BCUT2D eigenvalue weighted by Crippen LogP contribution is -2.38. The Balaban J connectivity index is 2.32. The van der Waals surface area contributed by atoms with Gasteiger partial charge in [-0.3, -0.25) is 9.59 Å². The molecule has 13 heteroatoms. The van der Waals surface area contributed by atoms with Crippen LogP contribution in [0.2, 0.25) is 0 Å². The van der Waals surface area contributed by atoms with E-state index in [0.29, 0.717) is 11.0 Å². The molecule has 0 saturated carbocycles. The summed E-state index contributed by atoms with van der Waals surface area (Å²) in [5.74, 6) is -2.47. The smallest absolute Gasteiger partial charge is 0.330 e. The second kappa shape index (κ2) is 9.32. The minimum atomic E-state index is -5.19. The first-order chi connectivity index (χ1) is 15.0. The molecule has 0 aliphatic carbocycles. The number of nitrogens with one attached hydrogen (secondary N) is 1. The fourth-order valence-corrected chi connectivity index (χ4v) is 2.79. The monoisotopic (exact) mass is 486 g/mol. The van der Waals surface area contributed by atoms with Crippen molar-refractivity contribution >= 4 is 17.5 Å². The molecule has 0 aromatic heterocycles. The van der Waals surface area contributed by atoms with Crippen molar-refractivity contribution in [2.75, 3.05) is 18.4 Å². The summed E-state index contributed by atoms with van der Waals surface area (Å²) in [4.78, 5) is 25.4. The Morgan fingerprint density at radius 2 is 1.33 bits per heavy atom. The van der Waals surface area contributed by atoms with E-state index in [1.807, 2.05) is 5.32 Å². The third-order valence-corrected chi connectivity index (χ3v) is 4.34. The van der Waals surface area contributed by atoms with Crippen molar-refractivity contribution in [1.82, 2.24) is 4.90 Å². The van der Waals surface area contributed by atoms with Crippen molar-refractivity contribution in [2.24, 2.45) is 0 Å². The summed E-state index contributed by atoms with van der Waals surface area (Å²) in [7, 11) is 0. The number of rotatable bonds is 5. The number of carbonyl (C=O) groups excluding carboxylic acids is 2. The number of para-hydroxylation sites is 1. The van der Waals surface area contributed by atoms with Gasteiger partial charge in [0.1, 0.15) is 6.54 Å². The quantitative estimate of drug-likeness (QED) is 0.540. The fraction of sp³-hybridized carbons (Fsp3) is 0.300. The molecule has 0 aliphatic rings. The van der Waals surface area contributed by atoms with Crippen LogP contribution in [0, 0.1) is 0 Å². The summed E-state index contributed by atoms with van der Waals surface area (Å²) in [5.41, 5.74) is -6.24. The minimum Gasteiger partial charge on any atom is -0.330 e. The molecular formula is C20H15F9N2O2. The lowest BCUT2D eigenvalue weighted by Gasteiger charge is -2.22. The molecule has 0 aliphatic heterocycles. The van der Waals surface area contributed by atoms with Crippen molar-refractivity contribution in [3.8, 4) is 0 Å². The Morgan fingerprint density at radius 1 is 0.818 bits per heavy atom. The summed E-state index contributed by atoms with van der Waals surface area (Å²) in [5, 5.41) is 1.95. The normalized spacial score (nSPS) is 12.4. The zero-order valence-corrected chi connectivity index (χ0v) is 16.6. The van der Waals surface area contributed by atoms with E-state index in [1.54, 1.807) is 0 Å². The van der Waals surface area contributed by atoms with Gasteiger partial charge in [-0.2, -0.15) is 39.5 Å². The minimum absolute atomic E-state index is 0.159. The van der Waals surface area contributed by atoms with Crippen LogP contribution in [-0.2, 0) is 23.3 Å². The van der Waals surface area contributed by atoms with Crippen LogP contribution in [0.3, 0.4) is 0 Å². The molecule has 0 heterocycles. The maximum Gasteiger partial charge on any atom is 0.418 e. The number of nitrogens with zero attached hydrogens (tertiary/aromatic N) is 1. The predicted molar refractivity (Wildman–Crippen MR) is 98.1 cm³/mol. The van der Waals surface area contributed by atoms with Gasteiger partial charge >= 0.3 is 18.5 Å². The van der Waals surface area contributed by atoms with Crippen molar-refractivity contribution in [2.45, 2.75) is 25.5 Å². The SMILES string of the molecule is CCN(CC(=O)Nc1ccccc1C(F)(F)F)C(=O)c1cc(C(F)(F)F)cc(C(F)(F)F)c1. The molecule has 2 rings (SSSR count). The third-order valence-electron chi connectivity index (χ3n) is 4.34. The van der Waals surface area contributed by atoms with Crippen LogP contribution in [0.15, 0.2) is 42.5 Å². The van der Waals surface area contributed by atoms with Gasteiger partial charge in [0.05, 0.1) is 22.4 Å². The predicted octanol–water partition coefficient (Wildman–Crippen LogP) is 5.84. The standard InChI is InChI=1S/C20H15F9N2O2/c1-2-31(10-16(32)30-15-6-4-3-5-14(15)20(27,28)29)17(33)11-7-12(18(21,22)23)9-13(8-11)19(24,25)26/h3-9H,2,10H2,1H3,(H,30,32). The van der Waals surface area contributed by atoms with Crippen LogP contribution in [0.1, 0.15) is 34.0 Å². The average Bonchev–Trinajstić information content (AvgIpc) is 2.69. The molecule has 0 radical (unpaired) electrons. The molecule has 2 aromatic rings. The molecule has 0 saturated heterocycles. The maximum atomic E-state index is 13.0. The fourth-order valence-electron chi connectivity index (χ4n) is 2.79. The van der Waals surface area contributed by atoms with Gasteiger partial charge in [-0.05, 0) is 37.3 Å². The van der Waals surface area contributed by atoms with Crippen LogP contribution < -0.4 is 5.32 Å². The molecule has 1 N–H and O–H groups in total. The number of anilines is 1. The third kappa shape index (κ3) is 6.62. The average molecular weight is 486 g/mol. The Labute approximate surface area is 181 Å². The Hall–Kier alpha value is -3.25. The second-order valence-corrected chi connectivity index (χ2v) is 6.71. The van der Waals surface area contributed by atoms with Gasteiger partial charge in [0.2, 0.25) is 5.91 Å². The number of carbonyl (C=O) groups is 2. The van der Waals surface area contributed by atoms with Gasteiger partial charge in [0.25, 0.3) is 5.91 Å². The molecule has 0 fully saturated rings. The van der Waals surface area contributed by atoms with Gasteiger partial charge in [-0.25, -0.2) is 0 Å². The molecule has 180 valence electrons. The summed E-state index contributed by atoms with van der Waals surface area (Å²) < 4.78 is 117. The van der Waals surface area contributed by atoms with Crippen molar-refractivity contribution < 1.29 is 49.1 Å². The molecule has 0 unspecified atom stereocenters. The van der Waals surface area contributed by atoms with Crippen molar-refractivity contribution in [3.05, 3.63) is 64.7 Å². The number of hydrogen-bond acceptors (Lipinski definition) is 2. The maximum absolute atomic E-state index is 13.0. The van der Waals surface area contributed by atoms with Gasteiger partial charge in [-0.1, -0.05) is 12.1 Å². The highest BCUT2D eigenvalue weighted by molar-refractivity contribution is 5.99. The first-order valence-electron chi connectivity index (χ1n) is 9.09. The van der Waals surface area contributed by atoms with E-state index in [4.69, 9.17) is 0 Å². The molecule has 33 heavy (non-hydrogen) atoms. The van der Waals surface area contributed by atoms with Gasteiger partial charge in [0.15, 0.2) is 0 Å². The Morgan fingerprint density at radius 3 is 1.79 bits per heavy atom. The Kier molecular flexibility index (Phi) is 7.34. The van der Waals surface area contributed by atoms with Crippen LogP contribution in [-0.4, -0.2) is 29.8 Å². The largest absolute Gasteiger partial charge is 0.418 e. The highest BCUT2D eigenvalue weighted by atomic mass is 19.4. The van der Waals surface area contributed by atoms with Crippen LogP contribution in [0.25, 0.3) is 0 Å². The molecule has 0 spiro atoms. The first-order valence-corrected chi connectivity index (χ1v) is 9.09. The number of benzene rings is 2. The van der Waals surface area contributed by atoms with Crippen LogP contribution in [0.4, 0.5) is 45.2 Å². The van der Waals surface area contributed by atoms with Gasteiger partial charge in [-0.15, -0.1) is 0 Å². The molecule has 0 atom stereocenters. The summed E-state index contributed by atoms with van der Waals surface area (Å²) in [6.45, 7) is 0.0387. The summed E-state index contributed by atoms with van der Waals surface area (Å²) >= 11 is 0. The zero-order valence-electron chi connectivity index (χ0n) is 16.6. The second-order valence-electron chi connectivity index (χ2n) is 6.71. The van der Waals surface area contributed by atoms with Crippen LogP contribution >= 0.6 is 0 Å². The van der Waals surface area contributed by atoms with E-state index < -0.39 is 64.8 Å². The lowest BCUT2D eigenvalue weighted by molar-refractivity contribution is -0.143. The van der Waals surface area contributed by atoms with Crippen molar-refractivity contribution in [3.63, 3.8) is 0 Å². The van der Waals surface area contributed by atoms with E-state index in [0.717, 1.165) is 12.1 Å². The van der Waals surface area contributed by atoms with Crippen LogP contribution in [0.5, 0.6) is 0 Å². The summed E-state index contributed by atoms with van der Waals surface area (Å²) in [6, 6.07) is 4.17. The number of amides is 2. The van der Waals surface area contributed by atoms with E-state index in [-0.39, 0.29) is 24.7 Å². The lowest BCUT2D eigenvalue weighted by atomic mass is 10.0. The van der Waals surface area contributed by atoms with Gasteiger partial charge < -0.3 is 10.2 Å². The summed E-state index contributed by atoms with van der Waals surface area (Å²) in [6.07, 6.45) is -15.2. The molecule has 2 aromatic carbocycles. The highest BCUT2D eigenvalue weighted by Gasteiger charge is 2.38. The Bertz CT molecular complexity index is 995. The van der Waals surface area contributed by atoms with E-state index >= 15 is 0 Å². The van der Waals surface area contributed by atoms with E-state index in [9.17, 15) is 49.1 Å². The number of hydrogen-bond donors (Lipinski definition) is 1. The highest BCUT2D eigenvalue weighted by Crippen LogP contribution is 2.37. The van der Waals surface area contributed by atoms with Crippen molar-refractivity contribution in [1.29, 1.82) is 0 Å². The molecular weight excluding hydrogens is 471 g/mol.